The van der Waals surface area contributed by atoms with Gasteiger partial charge in [0.25, 0.3) is 5.91 Å². The normalized spacial score (nSPS) is 12.0. The topological polar surface area (TPSA) is 117 Å². The molecule has 0 aliphatic rings. The first kappa shape index (κ1) is 22.1. The van der Waals surface area contributed by atoms with Gasteiger partial charge in [0, 0.05) is 4.88 Å². The van der Waals surface area contributed by atoms with Crippen LogP contribution in [0.4, 0.5) is 0 Å². The number of hydrogen-bond acceptors (Lipinski definition) is 6. The van der Waals surface area contributed by atoms with Crippen LogP contribution in [0.15, 0.2) is 46.9 Å². The number of benzene rings is 1. The molecular weight excluding hydrogens is 394 g/mol. The quantitative estimate of drug-likeness (QED) is 0.404. The fraction of sp³-hybridized carbons (Fsp3) is 0.300. The molecule has 1 heterocycles. The Hall–Kier alpha value is -3.20. The largest absolute Gasteiger partial charge is 0.482 e. The Kier molecular flexibility index (Phi) is 8.35. The van der Waals surface area contributed by atoms with Crippen LogP contribution < -0.4 is 15.5 Å². The fourth-order valence-corrected chi connectivity index (χ4v) is 3.10. The number of amides is 2. The summed E-state index contributed by atoms with van der Waals surface area (Å²) in [6, 6.07) is 9.65. The zero-order valence-electron chi connectivity index (χ0n) is 16.1. The second kappa shape index (κ2) is 11.0. The lowest BCUT2D eigenvalue weighted by atomic mass is 10.0. The first-order valence-corrected chi connectivity index (χ1v) is 9.82. The molecule has 0 aliphatic carbocycles. The van der Waals surface area contributed by atoms with Gasteiger partial charge in [0.15, 0.2) is 6.61 Å². The van der Waals surface area contributed by atoms with Crippen molar-refractivity contribution in [2.24, 2.45) is 11.0 Å². The fourth-order valence-electron chi connectivity index (χ4n) is 2.40. The van der Waals surface area contributed by atoms with Gasteiger partial charge in [-0.1, -0.05) is 32.0 Å². The van der Waals surface area contributed by atoms with Crippen molar-refractivity contribution < 1.29 is 24.2 Å². The average molecular weight is 417 g/mol. The molecule has 0 spiro atoms. The van der Waals surface area contributed by atoms with Crippen molar-refractivity contribution in [1.29, 1.82) is 0 Å². The second-order valence-corrected chi connectivity index (χ2v) is 7.57. The third-order valence-corrected chi connectivity index (χ3v) is 4.67. The Labute approximate surface area is 172 Å². The lowest BCUT2D eigenvalue weighted by Gasteiger charge is -2.20. The summed E-state index contributed by atoms with van der Waals surface area (Å²) in [4.78, 5) is 36.1. The number of nitrogens with zero attached hydrogens (tertiary/aromatic N) is 1. The average Bonchev–Trinajstić information content (AvgIpc) is 3.17. The Bertz CT molecular complexity index is 865. The minimum Gasteiger partial charge on any atom is -0.482 e. The molecule has 1 atom stereocenters. The van der Waals surface area contributed by atoms with E-state index in [0.717, 1.165) is 4.88 Å². The van der Waals surface area contributed by atoms with Crippen LogP contribution >= 0.6 is 11.3 Å². The number of carboxylic acids is 1. The zero-order chi connectivity index (χ0) is 21.2. The van der Waals surface area contributed by atoms with Crippen LogP contribution in [0.5, 0.6) is 5.75 Å². The monoisotopic (exact) mass is 417 g/mol. The third-order valence-electron chi connectivity index (χ3n) is 3.79. The number of carbonyl (C=O) groups excluding carboxylic acids is 2. The van der Waals surface area contributed by atoms with E-state index in [0.29, 0.717) is 11.3 Å². The molecule has 9 heteroatoms. The van der Waals surface area contributed by atoms with Crippen LogP contribution in [0.25, 0.3) is 0 Å². The smallest absolute Gasteiger partial charge is 0.341 e. The molecule has 154 valence electrons. The molecule has 1 aromatic carbocycles. The lowest BCUT2D eigenvalue weighted by molar-refractivity contribution is -0.139. The van der Waals surface area contributed by atoms with Gasteiger partial charge in [-0.3, -0.25) is 9.59 Å². The molecular formula is C20H23N3O5S. The van der Waals surface area contributed by atoms with Crippen LogP contribution in [-0.4, -0.2) is 41.8 Å². The zero-order valence-corrected chi connectivity index (χ0v) is 16.9. The Balaban J connectivity index is 1.91. The van der Waals surface area contributed by atoms with Gasteiger partial charge in [0.05, 0.1) is 12.6 Å². The van der Waals surface area contributed by atoms with Crippen LogP contribution in [-0.2, 0) is 20.8 Å². The highest BCUT2D eigenvalue weighted by atomic mass is 32.1. The molecule has 2 aromatic rings. The van der Waals surface area contributed by atoms with E-state index in [9.17, 15) is 14.4 Å². The highest BCUT2D eigenvalue weighted by molar-refractivity contribution is 7.10. The summed E-state index contributed by atoms with van der Waals surface area (Å²) in [7, 11) is 0. The molecule has 0 fully saturated rings. The summed E-state index contributed by atoms with van der Waals surface area (Å²) in [5.41, 5.74) is 3.05. The number of thiophene rings is 1. The number of hydrogen-bond donors (Lipinski definition) is 3. The van der Waals surface area contributed by atoms with E-state index in [4.69, 9.17) is 9.84 Å². The van der Waals surface area contributed by atoms with Crippen molar-refractivity contribution in [3.8, 4) is 5.75 Å². The maximum Gasteiger partial charge on any atom is 0.341 e. The maximum absolute atomic E-state index is 12.4. The molecule has 0 aliphatic heterocycles. The Morgan fingerprint density at radius 2 is 2.03 bits per heavy atom. The van der Waals surface area contributed by atoms with Gasteiger partial charge < -0.3 is 15.2 Å². The van der Waals surface area contributed by atoms with Gasteiger partial charge in [-0.05, 0) is 35.1 Å². The highest BCUT2D eigenvalue weighted by Crippen LogP contribution is 2.12. The third kappa shape index (κ3) is 7.74. The van der Waals surface area contributed by atoms with Crippen molar-refractivity contribution >= 4 is 35.3 Å². The van der Waals surface area contributed by atoms with E-state index >= 15 is 0 Å². The van der Waals surface area contributed by atoms with Gasteiger partial charge in [-0.15, -0.1) is 11.3 Å². The van der Waals surface area contributed by atoms with Crippen LogP contribution in [0.3, 0.4) is 0 Å². The summed E-state index contributed by atoms with van der Waals surface area (Å²) in [6.07, 6.45) is 1.64. The van der Waals surface area contributed by atoms with E-state index in [-0.39, 0.29) is 18.2 Å². The summed E-state index contributed by atoms with van der Waals surface area (Å²) in [6.45, 7) is 3.23. The molecule has 0 radical (unpaired) electrons. The Morgan fingerprint density at radius 1 is 1.24 bits per heavy atom. The van der Waals surface area contributed by atoms with Gasteiger partial charge in [-0.2, -0.15) is 5.10 Å². The van der Waals surface area contributed by atoms with Gasteiger partial charge >= 0.3 is 5.97 Å². The van der Waals surface area contributed by atoms with Crippen LogP contribution in [0, 0.1) is 5.92 Å². The number of hydrazone groups is 1. The SMILES string of the molecule is CC(C)[C@H](NC(=O)Cc1cccs1)C(=O)N/N=C\c1cccc(OCC(=O)O)c1. The van der Waals surface area contributed by atoms with Crippen molar-refractivity contribution in [1.82, 2.24) is 10.7 Å². The second-order valence-electron chi connectivity index (χ2n) is 6.53. The van der Waals surface area contributed by atoms with Crippen molar-refractivity contribution in [2.75, 3.05) is 6.61 Å². The van der Waals surface area contributed by atoms with Crippen LogP contribution in [0.2, 0.25) is 0 Å². The first-order chi connectivity index (χ1) is 13.8. The lowest BCUT2D eigenvalue weighted by Crippen LogP contribution is -2.49. The Morgan fingerprint density at radius 3 is 2.69 bits per heavy atom. The van der Waals surface area contributed by atoms with E-state index in [1.165, 1.54) is 17.6 Å². The standard InChI is InChI=1S/C20H23N3O5S/c1-13(2)19(22-17(24)10-16-7-4-8-29-16)20(27)23-21-11-14-5-3-6-15(9-14)28-12-18(25)26/h3-9,11,13,19H,10,12H2,1-2H3,(H,22,24)(H,23,27)(H,25,26)/b21-11-/t19-/m0/s1. The van der Waals surface area contributed by atoms with E-state index < -0.39 is 24.5 Å². The summed E-state index contributed by atoms with van der Waals surface area (Å²) in [5, 5.41) is 17.2. The molecule has 8 nitrogen and oxygen atoms in total. The molecule has 2 rings (SSSR count). The van der Waals surface area contributed by atoms with Crippen LogP contribution in [0.1, 0.15) is 24.3 Å². The van der Waals surface area contributed by atoms with Gasteiger partial charge in [0.2, 0.25) is 5.91 Å². The van der Waals surface area contributed by atoms with Gasteiger partial charge in [0.1, 0.15) is 11.8 Å². The molecule has 1 aromatic heterocycles. The number of aliphatic carboxylic acids is 1. The molecule has 0 bridgehead atoms. The number of ether oxygens (including phenoxy) is 1. The highest BCUT2D eigenvalue weighted by Gasteiger charge is 2.24. The number of carbonyl (C=O) groups is 3. The van der Waals surface area contributed by atoms with E-state index in [2.05, 4.69) is 15.8 Å². The van der Waals surface area contributed by atoms with Crippen molar-refractivity contribution in [3.05, 3.63) is 52.2 Å². The number of nitrogens with one attached hydrogen (secondary N) is 2. The number of carboxylic acid groups (broad SMARTS) is 1. The van der Waals surface area contributed by atoms with Crippen molar-refractivity contribution in [3.63, 3.8) is 0 Å². The maximum atomic E-state index is 12.4. The summed E-state index contributed by atoms with van der Waals surface area (Å²) in [5.74, 6) is -1.46. The number of rotatable bonds is 10. The summed E-state index contributed by atoms with van der Waals surface area (Å²) >= 11 is 1.49. The molecule has 0 saturated carbocycles. The minimum atomic E-state index is -1.07. The van der Waals surface area contributed by atoms with E-state index in [1.807, 2.05) is 31.4 Å². The van der Waals surface area contributed by atoms with Crippen molar-refractivity contribution in [2.45, 2.75) is 26.3 Å². The predicted octanol–water partition coefficient (Wildman–Crippen LogP) is 2.05. The molecule has 29 heavy (non-hydrogen) atoms. The van der Waals surface area contributed by atoms with Gasteiger partial charge in [-0.25, -0.2) is 10.2 Å². The molecule has 3 N–H and O–H groups in total. The first-order valence-electron chi connectivity index (χ1n) is 8.94. The minimum absolute atomic E-state index is 0.120. The molecule has 2 amide bonds. The van der Waals surface area contributed by atoms with E-state index in [1.54, 1.807) is 24.3 Å². The molecule has 0 unspecified atom stereocenters. The predicted molar refractivity (Wildman–Crippen MR) is 110 cm³/mol. The summed E-state index contributed by atoms with van der Waals surface area (Å²) < 4.78 is 5.10. The molecule has 0 saturated heterocycles.